The van der Waals surface area contributed by atoms with Gasteiger partial charge in [-0.3, -0.25) is 9.59 Å². The average Bonchev–Trinajstić information content (AvgIpc) is 2.87. The Hall–Kier alpha value is -3.91. The van der Waals surface area contributed by atoms with Gasteiger partial charge < -0.3 is 15.0 Å². The van der Waals surface area contributed by atoms with Gasteiger partial charge >= 0.3 is 0 Å². The van der Waals surface area contributed by atoms with E-state index in [9.17, 15) is 18.0 Å². The Balaban J connectivity index is 1.69. The molecule has 7 nitrogen and oxygen atoms in total. The first-order valence-corrected chi connectivity index (χ1v) is 12.2. The van der Waals surface area contributed by atoms with Gasteiger partial charge in [0, 0.05) is 29.2 Å². The van der Waals surface area contributed by atoms with Crippen LogP contribution in [0.25, 0.3) is 10.9 Å². The molecule has 4 rings (SSSR count). The van der Waals surface area contributed by atoms with E-state index in [4.69, 9.17) is 4.74 Å². The number of carbonyl (C=O) groups excluding carboxylic acids is 1. The Morgan fingerprint density at radius 3 is 2.44 bits per heavy atom. The Labute approximate surface area is 197 Å². The van der Waals surface area contributed by atoms with Crippen molar-refractivity contribution in [3.63, 3.8) is 0 Å². The minimum atomic E-state index is -3.84. The fourth-order valence-corrected chi connectivity index (χ4v) is 5.43. The molecule has 0 saturated carbocycles. The number of carbonyl (C=O) groups is 1. The van der Waals surface area contributed by atoms with Crippen LogP contribution in [-0.4, -0.2) is 26.4 Å². The van der Waals surface area contributed by atoms with Gasteiger partial charge in [-0.1, -0.05) is 43.3 Å². The summed E-state index contributed by atoms with van der Waals surface area (Å²) in [5.74, 6) is 0.0519. The van der Waals surface area contributed by atoms with Crippen molar-refractivity contribution in [1.29, 1.82) is 0 Å². The molecule has 1 heterocycles. The summed E-state index contributed by atoms with van der Waals surface area (Å²) in [5.41, 5.74) is 1.24. The highest BCUT2D eigenvalue weighted by Gasteiger charge is 2.22. The third-order valence-electron chi connectivity index (χ3n) is 5.68. The van der Waals surface area contributed by atoms with Crippen LogP contribution in [0.15, 0.2) is 87.5 Å². The Kier molecular flexibility index (Phi) is 6.51. The number of amides is 1. The van der Waals surface area contributed by atoms with Crippen LogP contribution in [0.1, 0.15) is 28.4 Å². The maximum atomic E-state index is 13.3. The van der Waals surface area contributed by atoms with E-state index >= 15 is 0 Å². The lowest BCUT2D eigenvalue weighted by Crippen LogP contribution is -2.28. The molecule has 1 amide bonds. The lowest BCUT2D eigenvalue weighted by molar-refractivity contribution is 0.0949. The molecule has 174 valence electrons. The van der Waals surface area contributed by atoms with Crippen LogP contribution in [0.2, 0.25) is 0 Å². The van der Waals surface area contributed by atoms with Crippen molar-refractivity contribution in [2.45, 2.75) is 29.7 Å². The first-order chi connectivity index (χ1) is 16.4. The molecule has 0 fully saturated rings. The smallest absolute Gasteiger partial charge is 0.257 e. The van der Waals surface area contributed by atoms with Crippen molar-refractivity contribution in [3.05, 3.63) is 99.8 Å². The van der Waals surface area contributed by atoms with Gasteiger partial charge in [-0.15, -0.1) is 0 Å². The van der Waals surface area contributed by atoms with E-state index < -0.39 is 21.2 Å². The number of sulfone groups is 1. The maximum Gasteiger partial charge on any atom is 0.257 e. The SMILES string of the molecule is CCc1ccccc1S(=O)(=O)c1ccc2[nH]cc(C(=O)NCc3ccccc3OC)c(=O)c2c1. The summed E-state index contributed by atoms with van der Waals surface area (Å²) in [7, 11) is -2.30. The van der Waals surface area contributed by atoms with Crippen molar-refractivity contribution >= 4 is 26.6 Å². The second-order valence-corrected chi connectivity index (χ2v) is 9.62. The van der Waals surface area contributed by atoms with Gasteiger partial charge in [-0.05, 0) is 42.3 Å². The van der Waals surface area contributed by atoms with Crippen molar-refractivity contribution in [1.82, 2.24) is 10.3 Å². The summed E-state index contributed by atoms with van der Waals surface area (Å²) in [6.45, 7) is 2.05. The molecule has 0 spiro atoms. The van der Waals surface area contributed by atoms with Crippen LogP contribution in [-0.2, 0) is 22.8 Å². The monoisotopic (exact) mass is 476 g/mol. The summed E-state index contributed by atoms with van der Waals surface area (Å²) in [6.07, 6.45) is 1.89. The molecule has 0 aliphatic heterocycles. The number of para-hydroxylation sites is 1. The van der Waals surface area contributed by atoms with Crippen LogP contribution < -0.4 is 15.5 Å². The van der Waals surface area contributed by atoms with E-state index in [0.717, 1.165) is 5.56 Å². The van der Waals surface area contributed by atoms with Crippen LogP contribution in [0.5, 0.6) is 5.75 Å². The van der Waals surface area contributed by atoms with E-state index in [1.54, 1.807) is 37.4 Å². The van der Waals surface area contributed by atoms with E-state index in [0.29, 0.717) is 23.3 Å². The first kappa shape index (κ1) is 23.3. The Morgan fingerprint density at radius 2 is 1.71 bits per heavy atom. The number of H-pyrrole nitrogens is 1. The molecule has 1 aromatic heterocycles. The van der Waals surface area contributed by atoms with E-state index in [1.165, 1.54) is 24.4 Å². The lowest BCUT2D eigenvalue weighted by atomic mass is 10.1. The second-order valence-electron chi connectivity index (χ2n) is 7.70. The Morgan fingerprint density at radius 1 is 1.00 bits per heavy atom. The van der Waals surface area contributed by atoms with Crippen molar-refractivity contribution in [3.8, 4) is 5.75 Å². The van der Waals surface area contributed by atoms with Gasteiger partial charge in [0.15, 0.2) is 0 Å². The number of pyridine rings is 1. The minimum Gasteiger partial charge on any atom is -0.496 e. The van der Waals surface area contributed by atoms with Gasteiger partial charge in [-0.25, -0.2) is 8.42 Å². The average molecular weight is 477 g/mol. The molecule has 0 bridgehead atoms. The second kappa shape index (κ2) is 9.52. The standard InChI is InChI=1S/C26H24N2O5S/c1-3-17-8-5-7-11-24(17)34(31,32)19-12-13-22-20(14-19)25(29)21(16-27-22)26(30)28-15-18-9-4-6-10-23(18)33-2/h4-14,16H,3,15H2,1-2H3,(H,27,29)(H,28,30). The van der Waals surface area contributed by atoms with Gasteiger partial charge in [-0.2, -0.15) is 0 Å². The molecule has 4 aromatic rings. The van der Waals surface area contributed by atoms with Crippen molar-refractivity contribution in [2.24, 2.45) is 0 Å². The summed E-state index contributed by atoms with van der Waals surface area (Å²) in [4.78, 5) is 29.0. The molecule has 0 radical (unpaired) electrons. The van der Waals surface area contributed by atoms with E-state index in [2.05, 4.69) is 10.3 Å². The molecule has 0 aliphatic rings. The van der Waals surface area contributed by atoms with Crippen LogP contribution in [0.4, 0.5) is 0 Å². The number of hydrogen-bond acceptors (Lipinski definition) is 5. The number of fused-ring (bicyclic) bond motifs is 1. The maximum absolute atomic E-state index is 13.3. The number of benzene rings is 3. The molecule has 3 aromatic carbocycles. The van der Waals surface area contributed by atoms with Gasteiger partial charge in [0.1, 0.15) is 11.3 Å². The number of methoxy groups -OCH3 is 1. The van der Waals surface area contributed by atoms with Crippen molar-refractivity contribution in [2.75, 3.05) is 7.11 Å². The topological polar surface area (TPSA) is 105 Å². The summed E-state index contributed by atoms with van der Waals surface area (Å²) < 4.78 is 31.9. The molecule has 2 N–H and O–H groups in total. The van der Waals surface area contributed by atoms with Crippen LogP contribution >= 0.6 is 0 Å². The number of aryl methyl sites for hydroxylation is 1. The number of nitrogens with one attached hydrogen (secondary N) is 2. The predicted molar refractivity (Wildman–Crippen MR) is 130 cm³/mol. The highest BCUT2D eigenvalue weighted by molar-refractivity contribution is 7.91. The molecule has 0 atom stereocenters. The van der Waals surface area contributed by atoms with E-state index in [-0.39, 0.29) is 27.3 Å². The molecular formula is C26H24N2O5S. The summed E-state index contributed by atoms with van der Waals surface area (Å²) in [5, 5.41) is 2.85. The molecule has 34 heavy (non-hydrogen) atoms. The third kappa shape index (κ3) is 4.32. The van der Waals surface area contributed by atoms with Crippen LogP contribution in [0.3, 0.4) is 0 Å². The quantitative estimate of drug-likeness (QED) is 0.421. The van der Waals surface area contributed by atoms with E-state index in [1.807, 2.05) is 25.1 Å². The third-order valence-corrected chi connectivity index (χ3v) is 7.53. The number of ether oxygens (including phenoxy) is 1. The number of hydrogen-bond donors (Lipinski definition) is 2. The number of rotatable bonds is 7. The number of aromatic nitrogens is 1. The molecule has 0 saturated heterocycles. The minimum absolute atomic E-state index is 0.00187. The zero-order valence-corrected chi connectivity index (χ0v) is 19.6. The molecule has 8 heteroatoms. The molecule has 0 aliphatic carbocycles. The highest BCUT2D eigenvalue weighted by Crippen LogP contribution is 2.26. The summed E-state index contributed by atoms with van der Waals surface area (Å²) >= 11 is 0. The summed E-state index contributed by atoms with van der Waals surface area (Å²) in [6, 6.07) is 18.4. The first-order valence-electron chi connectivity index (χ1n) is 10.8. The van der Waals surface area contributed by atoms with Crippen molar-refractivity contribution < 1.29 is 17.9 Å². The largest absolute Gasteiger partial charge is 0.496 e. The zero-order chi connectivity index (χ0) is 24.3. The fraction of sp³-hybridized carbons (Fsp3) is 0.154. The lowest BCUT2D eigenvalue weighted by Gasteiger charge is -2.11. The Bertz CT molecular complexity index is 1540. The van der Waals surface area contributed by atoms with Gasteiger partial charge in [0.25, 0.3) is 5.91 Å². The predicted octanol–water partition coefficient (Wildman–Crippen LogP) is 3.86. The van der Waals surface area contributed by atoms with Gasteiger partial charge in [0.05, 0.1) is 16.9 Å². The zero-order valence-electron chi connectivity index (χ0n) is 18.8. The van der Waals surface area contributed by atoms with Gasteiger partial charge in [0.2, 0.25) is 15.3 Å². The molecular weight excluding hydrogens is 452 g/mol. The normalized spacial score (nSPS) is 11.4. The fourth-order valence-electron chi connectivity index (χ4n) is 3.84. The highest BCUT2D eigenvalue weighted by atomic mass is 32.2. The van der Waals surface area contributed by atoms with Crippen LogP contribution in [0, 0.1) is 0 Å². The molecule has 0 unspecified atom stereocenters. The number of aromatic amines is 1.